The molecule has 3 aromatic heterocycles. The first-order valence-electron chi connectivity index (χ1n) is 9.45. The molecule has 9 heteroatoms. The number of hydrogen-bond acceptors (Lipinski definition) is 6. The van der Waals surface area contributed by atoms with Crippen LogP contribution in [0.3, 0.4) is 0 Å². The molecule has 0 saturated carbocycles. The topological polar surface area (TPSA) is 117 Å². The number of nitrogens with zero attached hydrogens (tertiary/aromatic N) is 5. The normalized spacial score (nSPS) is 14.6. The van der Waals surface area contributed by atoms with E-state index in [4.69, 9.17) is 0 Å². The summed E-state index contributed by atoms with van der Waals surface area (Å²) in [4.78, 5) is 39.2. The lowest BCUT2D eigenvalue weighted by Crippen LogP contribution is -2.41. The average Bonchev–Trinajstić information content (AvgIpc) is 3.26. The first-order valence-corrected chi connectivity index (χ1v) is 9.45. The van der Waals surface area contributed by atoms with Crippen LogP contribution >= 0.6 is 0 Å². The first-order chi connectivity index (χ1) is 14.1. The minimum Gasteiger partial charge on any atom is -0.337 e. The van der Waals surface area contributed by atoms with E-state index >= 15 is 0 Å². The number of aryl methyl sites for hydroxylation is 1. The van der Waals surface area contributed by atoms with Crippen molar-refractivity contribution in [1.29, 1.82) is 0 Å². The molecule has 2 N–H and O–H groups in total. The number of pyridine rings is 1. The lowest BCUT2D eigenvalue weighted by atomic mass is 9.95. The molecule has 0 atom stereocenters. The van der Waals surface area contributed by atoms with Crippen molar-refractivity contribution in [2.45, 2.75) is 19.8 Å². The first kappa shape index (κ1) is 18.7. The van der Waals surface area contributed by atoms with Gasteiger partial charge in [0.1, 0.15) is 5.69 Å². The van der Waals surface area contributed by atoms with Gasteiger partial charge in [-0.3, -0.25) is 24.7 Å². The lowest BCUT2D eigenvalue weighted by molar-refractivity contribution is -0.121. The fraction of sp³-hybridized carbons (Fsp3) is 0.300. The maximum atomic E-state index is 12.8. The molecule has 4 rings (SSSR count). The summed E-state index contributed by atoms with van der Waals surface area (Å²) in [6.45, 7) is 2.87. The van der Waals surface area contributed by atoms with E-state index in [0.29, 0.717) is 43.1 Å². The number of H-pyrrole nitrogens is 1. The number of carbonyl (C=O) groups is 2. The fourth-order valence-electron chi connectivity index (χ4n) is 3.30. The van der Waals surface area contributed by atoms with Crippen molar-refractivity contribution in [3.63, 3.8) is 0 Å². The molecule has 1 aliphatic heterocycles. The van der Waals surface area contributed by atoms with Crippen LogP contribution in [0, 0.1) is 12.8 Å². The Morgan fingerprint density at radius 1 is 1.14 bits per heavy atom. The predicted octanol–water partition coefficient (Wildman–Crippen LogP) is 2.06. The highest BCUT2D eigenvalue weighted by molar-refractivity contribution is 5.94. The van der Waals surface area contributed by atoms with Gasteiger partial charge in [-0.1, -0.05) is 0 Å². The smallest absolute Gasteiger partial charge is 0.271 e. The van der Waals surface area contributed by atoms with Gasteiger partial charge in [-0.15, -0.1) is 0 Å². The van der Waals surface area contributed by atoms with Crippen LogP contribution in [0.2, 0.25) is 0 Å². The molecule has 9 nitrogen and oxygen atoms in total. The maximum Gasteiger partial charge on any atom is 0.271 e. The third kappa shape index (κ3) is 4.29. The van der Waals surface area contributed by atoms with Gasteiger partial charge in [-0.25, -0.2) is 4.98 Å². The van der Waals surface area contributed by atoms with Crippen molar-refractivity contribution in [1.82, 2.24) is 30.0 Å². The van der Waals surface area contributed by atoms with Gasteiger partial charge in [0, 0.05) is 37.0 Å². The molecule has 0 aliphatic carbocycles. The standard InChI is InChI=1S/C20H21N7O2/c1-13-11-23-18(12-22-13)24-19(28)15-4-8-27(9-5-15)20(29)17-10-16(25-26-17)14-2-6-21-7-3-14/h2-3,6-7,10-12,15H,4-5,8-9H2,1H3,(H,25,26)(H,23,24,28). The van der Waals surface area contributed by atoms with Gasteiger partial charge in [0.25, 0.3) is 5.91 Å². The number of aromatic amines is 1. The summed E-state index contributed by atoms with van der Waals surface area (Å²) >= 11 is 0. The number of aromatic nitrogens is 5. The van der Waals surface area contributed by atoms with Crippen LogP contribution < -0.4 is 5.32 Å². The minimum atomic E-state index is -0.156. The van der Waals surface area contributed by atoms with Gasteiger partial charge in [0.05, 0.1) is 23.8 Å². The Kier molecular flexibility index (Phi) is 5.28. The number of piperidine rings is 1. The van der Waals surface area contributed by atoms with Crippen molar-refractivity contribution < 1.29 is 9.59 Å². The molecule has 0 aromatic carbocycles. The highest BCUT2D eigenvalue weighted by Crippen LogP contribution is 2.22. The molecular weight excluding hydrogens is 370 g/mol. The molecule has 1 fully saturated rings. The van der Waals surface area contributed by atoms with Crippen molar-refractivity contribution in [3.8, 4) is 11.3 Å². The highest BCUT2D eigenvalue weighted by Gasteiger charge is 2.28. The molecule has 29 heavy (non-hydrogen) atoms. The summed E-state index contributed by atoms with van der Waals surface area (Å²) in [5, 5.41) is 9.84. The number of rotatable bonds is 4. The number of carbonyl (C=O) groups excluding carboxylic acids is 2. The molecule has 0 bridgehead atoms. The summed E-state index contributed by atoms with van der Waals surface area (Å²) in [5.41, 5.74) is 2.82. The van der Waals surface area contributed by atoms with Crippen LogP contribution in [-0.2, 0) is 4.79 Å². The van der Waals surface area contributed by atoms with Gasteiger partial charge in [0.2, 0.25) is 5.91 Å². The van der Waals surface area contributed by atoms with E-state index in [9.17, 15) is 9.59 Å². The Labute approximate surface area is 167 Å². The Hall–Kier alpha value is -3.62. The summed E-state index contributed by atoms with van der Waals surface area (Å²) in [5.74, 6) is 0.0920. The van der Waals surface area contributed by atoms with Crippen molar-refractivity contribution in [2.24, 2.45) is 5.92 Å². The lowest BCUT2D eigenvalue weighted by Gasteiger charge is -2.30. The molecule has 148 valence electrons. The van der Waals surface area contributed by atoms with Crippen molar-refractivity contribution in [3.05, 3.63) is 54.4 Å². The molecule has 4 heterocycles. The SMILES string of the molecule is Cc1cnc(NC(=O)C2CCN(C(=O)c3cc(-c4ccncc4)n[nH]3)CC2)cn1. The van der Waals surface area contributed by atoms with Gasteiger partial charge < -0.3 is 10.2 Å². The van der Waals surface area contributed by atoms with E-state index in [2.05, 4.69) is 30.5 Å². The number of hydrogen-bond donors (Lipinski definition) is 2. The maximum absolute atomic E-state index is 12.8. The van der Waals surface area contributed by atoms with Crippen LogP contribution in [0.25, 0.3) is 11.3 Å². The molecule has 3 aromatic rings. The zero-order valence-corrected chi connectivity index (χ0v) is 16.0. The second kappa shape index (κ2) is 8.17. The Morgan fingerprint density at radius 3 is 2.59 bits per heavy atom. The Bertz CT molecular complexity index is 993. The Morgan fingerprint density at radius 2 is 1.90 bits per heavy atom. The number of likely N-dealkylation sites (tertiary alicyclic amines) is 1. The van der Waals surface area contributed by atoms with E-state index in [1.165, 1.54) is 0 Å². The Balaban J connectivity index is 1.33. The average molecular weight is 391 g/mol. The molecule has 2 amide bonds. The zero-order chi connectivity index (χ0) is 20.2. The molecule has 1 aliphatic rings. The summed E-state index contributed by atoms with van der Waals surface area (Å²) in [6.07, 6.45) is 7.73. The monoisotopic (exact) mass is 391 g/mol. The molecule has 0 spiro atoms. The van der Waals surface area contributed by atoms with Gasteiger partial charge in [-0.2, -0.15) is 5.10 Å². The van der Waals surface area contributed by atoms with E-state index in [1.54, 1.807) is 35.8 Å². The third-order valence-electron chi connectivity index (χ3n) is 4.97. The minimum absolute atomic E-state index is 0.0863. The molecule has 0 unspecified atom stereocenters. The summed E-state index contributed by atoms with van der Waals surface area (Å²) < 4.78 is 0. The quantitative estimate of drug-likeness (QED) is 0.703. The number of nitrogens with one attached hydrogen (secondary N) is 2. The van der Waals surface area contributed by atoms with Crippen LogP contribution in [0.4, 0.5) is 5.82 Å². The molecule has 0 radical (unpaired) electrons. The van der Waals surface area contributed by atoms with E-state index in [1.807, 2.05) is 19.1 Å². The van der Waals surface area contributed by atoms with Crippen molar-refractivity contribution in [2.75, 3.05) is 18.4 Å². The van der Waals surface area contributed by atoms with Crippen LogP contribution in [-0.4, -0.2) is 55.0 Å². The van der Waals surface area contributed by atoms with E-state index in [0.717, 1.165) is 11.3 Å². The predicted molar refractivity (Wildman–Crippen MR) is 106 cm³/mol. The second-order valence-corrected chi connectivity index (χ2v) is 7.00. The summed E-state index contributed by atoms with van der Waals surface area (Å²) in [6, 6.07) is 5.42. The van der Waals surface area contributed by atoms with Gasteiger partial charge in [-0.05, 0) is 38.0 Å². The highest BCUT2D eigenvalue weighted by atomic mass is 16.2. The number of anilines is 1. The fourth-order valence-corrected chi connectivity index (χ4v) is 3.30. The third-order valence-corrected chi connectivity index (χ3v) is 4.97. The van der Waals surface area contributed by atoms with Gasteiger partial charge >= 0.3 is 0 Å². The van der Waals surface area contributed by atoms with Crippen LogP contribution in [0.5, 0.6) is 0 Å². The van der Waals surface area contributed by atoms with Crippen molar-refractivity contribution >= 4 is 17.6 Å². The van der Waals surface area contributed by atoms with E-state index in [-0.39, 0.29) is 17.7 Å². The van der Waals surface area contributed by atoms with Crippen LogP contribution in [0.1, 0.15) is 29.0 Å². The number of amides is 2. The van der Waals surface area contributed by atoms with E-state index < -0.39 is 0 Å². The second-order valence-electron chi connectivity index (χ2n) is 7.00. The van der Waals surface area contributed by atoms with Gasteiger partial charge in [0.15, 0.2) is 5.82 Å². The van der Waals surface area contributed by atoms with Crippen LogP contribution in [0.15, 0.2) is 43.0 Å². The largest absolute Gasteiger partial charge is 0.337 e. The molecular formula is C20H21N7O2. The zero-order valence-electron chi connectivity index (χ0n) is 16.0. The molecule has 1 saturated heterocycles. The summed E-state index contributed by atoms with van der Waals surface area (Å²) in [7, 11) is 0.